The highest BCUT2D eigenvalue weighted by atomic mass is 16.6. The molecule has 1 rings (SSSR count). The monoisotopic (exact) mass is 197 g/mol. The molecule has 0 aliphatic rings. The summed E-state index contributed by atoms with van der Waals surface area (Å²) >= 11 is 0. The first-order chi connectivity index (χ1) is 6.65. The van der Waals surface area contributed by atoms with Crippen LogP contribution in [-0.2, 0) is 0 Å². The predicted molar refractivity (Wildman–Crippen MR) is 50.4 cm³/mol. The maximum atomic E-state index is 10.5. The second-order valence-electron chi connectivity index (χ2n) is 2.78. The van der Waals surface area contributed by atoms with Crippen LogP contribution in [0.2, 0.25) is 0 Å². The van der Waals surface area contributed by atoms with Gasteiger partial charge in [0.2, 0.25) is 0 Å². The summed E-state index contributed by atoms with van der Waals surface area (Å²) in [4.78, 5) is 10.1. The van der Waals surface area contributed by atoms with Gasteiger partial charge in [-0.3, -0.25) is 10.1 Å². The van der Waals surface area contributed by atoms with Crippen LogP contribution in [0.3, 0.4) is 0 Å². The molecule has 0 aromatic heterocycles. The van der Waals surface area contributed by atoms with Crippen LogP contribution in [0.1, 0.15) is 5.56 Å². The van der Waals surface area contributed by atoms with E-state index in [-0.39, 0.29) is 18.9 Å². The molecule has 0 aliphatic heterocycles. The SMILES string of the molecule is Cc1ccc(OCCO)cc1[N+](=O)[O-]. The lowest BCUT2D eigenvalue weighted by molar-refractivity contribution is -0.385. The van der Waals surface area contributed by atoms with Gasteiger partial charge < -0.3 is 9.84 Å². The topological polar surface area (TPSA) is 72.6 Å². The van der Waals surface area contributed by atoms with Gasteiger partial charge in [0, 0.05) is 5.56 Å². The van der Waals surface area contributed by atoms with Crippen LogP contribution in [0.5, 0.6) is 5.75 Å². The molecule has 14 heavy (non-hydrogen) atoms. The van der Waals surface area contributed by atoms with Crippen LogP contribution < -0.4 is 4.74 Å². The van der Waals surface area contributed by atoms with E-state index in [2.05, 4.69) is 0 Å². The van der Waals surface area contributed by atoms with Crippen molar-refractivity contribution >= 4 is 5.69 Å². The van der Waals surface area contributed by atoms with Crippen LogP contribution in [-0.4, -0.2) is 23.2 Å². The molecule has 5 nitrogen and oxygen atoms in total. The van der Waals surface area contributed by atoms with E-state index >= 15 is 0 Å². The first-order valence-corrected chi connectivity index (χ1v) is 4.14. The number of nitrogens with zero attached hydrogens (tertiary/aromatic N) is 1. The standard InChI is InChI=1S/C9H11NO4/c1-7-2-3-8(14-5-4-11)6-9(7)10(12)13/h2-3,6,11H,4-5H2,1H3. The lowest BCUT2D eigenvalue weighted by atomic mass is 10.2. The number of ether oxygens (including phenoxy) is 1. The van der Waals surface area contributed by atoms with E-state index in [1.54, 1.807) is 19.1 Å². The highest BCUT2D eigenvalue weighted by Crippen LogP contribution is 2.23. The Balaban J connectivity index is 2.89. The van der Waals surface area contributed by atoms with Gasteiger partial charge in [-0.15, -0.1) is 0 Å². The summed E-state index contributed by atoms with van der Waals surface area (Å²) in [5.74, 6) is 0.399. The van der Waals surface area contributed by atoms with E-state index < -0.39 is 4.92 Å². The first-order valence-electron chi connectivity index (χ1n) is 4.14. The summed E-state index contributed by atoms with van der Waals surface area (Å²) in [5.41, 5.74) is 0.617. The Morgan fingerprint density at radius 1 is 1.57 bits per heavy atom. The number of hydrogen-bond acceptors (Lipinski definition) is 4. The first kappa shape index (κ1) is 10.5. The van der Waals surface area contributed by atoms with Gasteiger partial charge >= 0.3 is 0 Å². The summed E-state index contributed by atoms with van der Waals surface area (Å²) in [6.07, 6.45) is 0. The van der Waals surface area contributed by atoms with Gasteiger partial charge in [-0.2, -0.15) is 0 Å². The number of aliphatic hydroxyl groups is 1. The molecule has 0 unspecified atom stereocenters. The van der Waals surface area contributed by atoms with Crippen molar-refractivity contribution in [2.24, 2.45) is 0 Å². The van der Waals surface area contributed by atoms with Crippen LogP contribution in [0.4, 0.5) is 5.69 Å². The normalized spacial score (nSPS) is 9.86. The molecule has 0 spiro atoms. The molecule has 0 amide bonds. The molecule has 5 heteroatoms. The average Bonchev–Trinajstić information content (AvgIpc) is 2.16. The molecule has 0 atom stereocenters. The lowest BCUT2D eigenvalue weighted by Gasteiger charge is -2.04. The summed E-state index contributed by atoms with van der Waals surface area (Å²) in [7, 11) is 0. The number of rotatable bonds is 4. The predicted octanol–water partition coefficient (Wildman–Crippen LogP) is 1.27. The Bertz CT molecular complexity index is 338. The largest absolute Gasteiger partial charge is 0.491 e. The molecule has 1 N–H and O–H groups in total. The molecular formula is C9H11NO4. The third kappa shape index (κ3) is 2.43. The fraction of sp³-hybridized carbons (Fsp3) is 0.333. The highest BCUT2D eigenvalue weighted by molar-refractivity contribution is 5.45. The molecule has 0 bridgehead atoms. The molecule has 0 fully saturated rings. The lowest BCUT2D eigenvalue weighted by Crippen LogP contribution is -2.02. The van der Waals surface area contributed by atoms with E-state index in [0.717, 1.165) is 0 Å². The number of aryl methyl sites for hydroxylation is 1. The van der Waals surface area contributed by atoms with Crippen molar-refractivity contribution in [3.63, 3.8) is 0 Å². The number of benzene rings is 1. The van der Waals surface area contributed by atoms with Crippen LogP contribution in [0, 0.1) is 17.0 Å². The zero-order valence-corrected chi connectivity index (χ0v) is 7.77. The smallest absolute Gasteiger partial charge is 0.276 e. The fourth-order valence-corrected chi connectivity index (χ4v) is 1.04. The van der Waals surface area contributed by atoms with Gasteiger partial charge in [0.1, 0.15) is 12.4 Å². The van der Waals surface area contributed by atoms with Crippen molar-refractivity contribution in [3.05, 3.63) is 33.9 Å². The third-order valence-electron chi connectivity index (χ3n) is 1.74. The minimum absolute atomic E-state index is 0.0282. The fourth-order valence-electron chi connectivity index (χ4n) is 1.04. The summed E-state index contributed by atoms with van der Waals surface area (Å²) < 4.78 is 5.05. The summed E-state index contributed by atoms with van der Waals surface area (Å²) in [5, 5.41) is 19.1. The zero-order chi connectivity index (χ0) is 10.6. The average molecular weight is 197 g/mol. The molecule has 0 heterocycles. The van der Waals surface area contributed by atoms with E-state index in [4.69, 9.17) is 9.84 Å². The second kappa shape index (κ2) is 4.57. The molecule has 1 aromatic rings. The zero-order valence-electron chi connectivity index (χ0n) is 7.77. The van der Waals surface area contributed by atoms with Crippen molar-refractivity contribution in [2.45, 2.75) is 6.92 Å². The minimum atomic E-state index is -0.457. The van der Waals surface area contributed by atoms with Crippen LogP contribution in [0.25, 0.3) is 0 Å². The van der Waals surface area contributed by atoms with Crippen molar-refractivity contribution < 1.29 is 14.8 Å². The van der Waals surface area contributed by atoms with Crippen molar-refractivity contribution in [1.29, 1.82) is 0 Å². The highest BCUT2D eigenvalue weighted by Gasteiger charge is 2.11. The quantitative estimate of drug-likeness (QED) is 0.582. The third-order valence-corrected chi connectivity index (χ3v) is 1.74. The molecule has 0 aliphatic carbocycles. The Morgan fingerprint density at radius 2 is 2.29 bits per heavy atom. The van der Waals surface area contributed by atoms with Gasteiger partial charge in [-0.25, -0.2) is 0 Å². The van der Waals surface area contributed by atoms with Crippen molar-refractivity contribution in [3.8, 4) is 5.75 Å². The van der Waals surface area contributed by atoms with Gasteiger partial charge in [-0.05, 0) is 19.1 Å². The maximum Gasteiger partial charge on any atom is 0.276 e. The van der Waals surface area contributed by atoms with Gasteiger partial charge in [0.05, 0.1) is 17.6 Å². The van der Waals surface area contributed by atoms with Crippen molar-refractivity contribution in [1.82, 2.24) is 0 Å². The Hall–Kier alpha value is -1.62. The molecule has 0 radical (unpaired) electrons. The number of hydrogen-bond donors (Lipinski definition) is 1. The Labute approximate surface area is 81.1 Å². The molecule has 1 aromatic carbocycles. The maximum absolute atomic E-state index is 10.5. The van der Waals surface area contributed by atoms with Crippen molar-refractivity contribution in [2.75, 3.05) is 13.2 Å². The number of nitro groups is 1. The summed E-state index contributed by atoms with van der Waals surface area (Å²) in [6.45, 7) is 1.69. The van der Waals surface area contributed by atoms with Crippen LogP contribution in [0.15, 0.2) is 18.2 Å². The molecule has 0 saturated carbocycles. The minimum Gasteiger partial charge on any atom is -0.491 e. The van der Waals surface area contributed by atoms with E-state index in [0.29, 0.717) is 11.3 Å². The molecular weight excluding hydrogens is 186 g/mol. The molecule has 76 valence electrons. The molecule has 0 saturated heterocycles. The van der Waals surface area contributed by atoms with Crippen LogP contribution >= 0.6 is 0 Å². The van der Waals surface area contributed by atoms with E-state index in [9.17, 15) is 10.1 Å². The number of aliphatic hydroxyl groups excluding tert-OH is 1. The van der Waals surface area contributed by atoms with Gasteiger partial charge in [0.25, 0.3) is 5.69 Å². The summed E-state index contributed by atoms with van der Waals surface area (Å²) in [6, 6.07) is 4.60. The van der Waals surface area contributed by atoms with Gasteiger partial charge in [-0.1, -0.05) is 0 Å². The Morgan fingerprint density at radius 3 is 2.86 bits per heavy atom. The van der Waals surface area contributed by atoms with Gasteiger partial charge in [0.15, 0.2) is 0 Å². The van der Waals surface area contributed by atoms with E-state index in [1.807, 2.05) is 0 Å². The second-order valence-corrected chi connectivity index (χ2v) is 2.78. The Kier molecular flexibility index (Phi) is 3.41. The number of nitro benzene ring substituents is 1. The van der Waals surface area contributed by atoms with E-state index in [1.165, 1.54) is 6.07 Å².